The predicted octanol–water partition coefficient (Wildman–Crippen LogP) is 12.3. The number of piperidine rings is 2. The summed E-state index contributed by atoms with van der Waals surface area (Å²) in [6.07, 6.45) is 22.9. The van der Waals surface area contributed by atoms with Crippen LogP contribution in [0.3, 0.4) is 0 Å². The topological polar surface area (TPSA) is 394 Å². The number of aromatic nitrogens is 7. The van der Waals surface area contributed by atoms with Crippen LogP contribution in [0.2, 0.25) is 0 Å². The smallest absolute Gasteiger partial charge is 0.256 e. The van der Waals surface area contributed by atoms with Crippen LogP contribution in [0.1, 0.15) is 160 Å². The van der Waals surface area contributed by atoms with Crippen LogP contribution in [0.15, 0.2) is 240 Å². The number of aliphatic hydroxyl groups is 7. The van der Waals surface area contributed by atoms with Gasteiger partial charge in [-0.05, 0) is 329 Å². The van der Waals surface area contributed by atoms with Crippen LogP contribution in [0.25, 0.3) is 75.4 Å². The fraction of sp³-hybridized carbons (Fsp3) is 0.457. The van der Waals surface area contributed by atoms with Gasteiger partial charge in [-0.2, -0.15) is 0 Å². The molecule has 0 radical (unpaired) electrons. The molecule has 14 heterocycles. The van der Waals surface area contributed by atoms with Crippen molar-refractivity contribution in [2.45, 2.75) is 203 Å². The Hall–Kier alpha value is -11.6. The number of likely N-dealkylation sites (N-methyl/N-ethyl adjacent to an activating group) is 1. The number of benzene rings is 7. The van der Waals surface area contributed by atoms with E-state index in [9.17, 15) is 69.3 Å². The fourth-order valence-corrected chi connectivity index (χ4v) is 22.1. The van der Waals surface area contributed by atoms with E-state index in [1.807, 2.05) is 178 Å². The molecule has 28 nitrogen and oxygen atoms in total. The van der Waals surface area contributed by atoms with E-state index in [4.69, 9.17) is 0 Å². The highest BCUT2D eigenvalue weighted by Crippen LogP contribution is 2.32. The maximum Gasteiger partial charge on any atom is 0.256 e. The van der Waals surface area contributed by atoms with E-state index in [1.54, 1.807) is 0 Å². The molecule has 14 N–H and O–H groups in total. The Kier molecular flexibility index (Phi) is 39.7. The minimum absolute atomic E-state index is 0.00231. The molecule has 7 atom stereocenters. The molecule has 766 valence electrons. The van der Waals surface area contributed by atoms with E-state index >= 15 is 0 Å². The summed E-state index contributed by atoms with van der Waals surface area (Å²) in [7, 11) is 2.04. The van der Waals surface area contributed by atoms with Gasteiger partial charge in [0.25, 0.3) is 38.9 Å². The van der Waals surface area contributed by atoms with Crippen molar-refractivity contribution < 1.29 is 35.7 Å². The second-order valence-electron chi connectivity index (χ2n) is 40.1. The van der Waals surface area contributed by atoms with Gasteiger partial charge in [-0.1, -0.05) is 121 Å². The first-order chi connectivity index (χ1) is 70.2. The number of pyridine rings is 7. The lowest BCUT2D eigenvalue weighted by atomic mass is 9.88. The molecule has 7 aromatic heterocycles. The lowest BCUT2D eigenvalue weighted by Gasteiger charge is -2.36. The van der Waals surface area contributed by atoms with Crippen molar-refractivity contribution in [2.75, 3.05) is 138 Å². The van der Waals surface area contributed by atoms with Gasteiger partial charge in [0.15, 0.2) is 0 Å². The van der Waals surface area contributed by atoms with Gasteiger partial charge in [-0.15, -0.1) is 0 Å². The van der Waals surface area contributed by atoms with Crippen LogP contribution in [0.4, 0.5) is 0 Å². The number of aryl methyl sites for hydroxylation is 4. The SMILES string of the molecule is CN1CCC(c2cc3ccccc3c(=O)[nH]2)C[C@H]1CO.Cc1cccc2c(=O)[nH]c(CCCN3CCC[C@H]3CO)cc12.O=c1[nH]c(CCCN2CCC[C@@H]2CO)cc2ccccc12.O=c1[nH]c(CCCN2CCC[C@H]2CO)cc2ccccc12.O=c1[nH]c(CCN2CCC(O)CC2)cc2ccccc12.O=c1[nH]c(CCN2CCC[C@@H]2CO)cc2ccccc12.O=c1[nH]c(CCN2CCC[C@H]2CO)cc2ccccc12. The van der Waals surface area contributed by atoms with Crippen LogP contribution in [0.5, 0.6) is 0 Å². The third-order valence-electron chi connectivity index (χ3n) is 30.5. The van der Waals surface area contributed by atoms with E-state index in [1.165, 1.54) is 19.3 Å². The molecule has 0 saturated carbocycles. The molecule has 0 amide bonds. The van der Waals surface area contributed by atoms with Crippen LogP contribution in [0, 0.1) is 6.92 Å². The summed E-state index contributed by atoms with van der Waals surface area (Å²) >= 11 is 0. The lowest BCUT2D eigenvalue weighted by Crippen LogP contribution is -2.41. The summed E-state index contributed by atoms with van der Waals surface area (Å²) in [6.45, 7) is 17.3. The van der Waals surface area contributed by atoms with Gasteiger partial charge >= 0.3 is 0 Å². The Morgan fingerprint density at radius 3 is 0.882 bits per heavy atom. The van der Waals surface area contributed by atoms with Gasteiger partial charge in [0.2, 0.25) is 0 Å². The molecule has 144 heavy (non-hydrogen) atoms. The molecule has 14 aromatic rings. The number of hydrogen-bond donors (Lipinski definition) is 14. The zero-order valence-electron chi connectivity index (χ0n) is 83.8. The average Bonchev–Trinajstić information content (AvgIpc) is 1.30. The van der Waals surface area contributed by atoms with Gasteiger partial charge in [-0.3, -0.25) is 58.1 Å². The molecule has 7 aromatic carbocycles. The minimum atomic E-state index is -0.133. The normalized spacial score (nSPS) is 19.9. The molecule has 28 heteroatoms. The van der Waals surface area contributed by atoms with Crippen LogP contribution < -0.4 is 38.9 Å². The molecule has 7 fully saturated rings. The van der Waals surface area contributed by atoms with Crippen LogP contribution in [-0.2, 0) is 38.5 Å². The Labute approximate surface area is 840 Å². The number of nitrogens with one attached hydrogen (secondary N) is 7. The Morgan fingerprint density at radius 2 is 0.549 bits per heavy atom. The summed E-state index contributed by atoms with van der Waals surface area (Å²) in [5.41, 5.74) is 8.02. The molecular weight excluding hydrogens is 1810 g/mol. The second-order valence-corrected chi connectivity index (χ2v) is 40.1. The molecule has 7 saturated heterocycles. The number of H-pyrrole nitrogens is 7. The van der Waals surface area contributed by atoms with Crippen molar-refractivity contribution in [2.24, 2.45) is 0 Å². The molecule has 21 rings (SSSR count). The number of rotatable bonds is 28. The third kappa shape index (κ3) is 29.0. The number of aromatic amines is 7. The quantitative estimate of drug-likeness (QED) is 0.0217. The van der Waals surface area contributed by atoms with E-state index in [2.05, 4.69) is 112 Å². The van der Waals surface area contributed by atoms with Gasteiger partial charge in [0.1, 0.15) is 0 Å². The maximum atomic E-state index is 12.2. The van der Waals surface area contributed by atoms with Crippen molar-refractivity contribution in [1.82, 2.24) is 69.2 Å². The summed E-state index contributed by atoms with van der Waals surface area (Å²) in [5, 5.41) is 77.8. The van der Waals surface area contributed by atoms with Crippen LogP contribution >= 0.6 is 0 Å². The number of nitrogens with zero attached hydrogens (tertiary/aromatic N) is 7. The first kappa shape index (κ1) is 107. The summed E-state index contributed by atoms with van der Waals surface area (Å²) < 4.78 is 0. The standard InChI is InChI=1S/C18H24N2O2.2C17H22N2O2.4C16H20N2O2/c1-13-5-2-8-16-17(13)11-14(19-18(16)22)6-3-9-20-10-4-7-15(20)12-21;2*20-12-15-7-4-10-19(15)9-3-6-14-11-13-5-1-2-8-16(13)17(21)18-14;1-18-7-6-12(8-13(18)10-19)15-9-11-4-2-3-5-14(11)16(20)17-15;2*19-11-14-5-3-8-18(14)9-7-13-10-12-4-1-2-6-15(12)16(20)17-13;19-14-6-9-18(10-7-14)8-5-13-11-12-3-1-2-4-15(12)16(20)17-13/h2,5,8,11,15,21H,3-4,6-7,9-10,12H2,1H3,(H,19,22);2*1-2,5,8,11,15,20H,3-4,6-7,9-10,12H2,(H,18,21);2-5,9,12-13,19H,6-8,10H2,1H3,(H,17,20);2*1-2,4,6,10,14,19H,3,5,7-9,11H2,(H,17,20);1-4,11,14,19H,5-10H2,(H,17,20)/t3*15-;12?,13-;2*14-;/m010010./s1. The Balaban J connectivity index is 0.000000126. The van der Waals surface area contributed by atoms with Crippen molar-refractivity contribution in [1.29, 1.82) is 0 Å². The second kappa shape index (κ2) is 53.5. The molecule has 1 unspecified atom stereocenters. The van der Waals surface area contributed by atoms with Gasteiger partial charge < -0.3 is 80.4 Å². The third-order valence-corrected chi connectivity index (χ3v) is 30.5. The van der Waals surface area contributed by atoms with Gasteiger partial charge in [-0.25, -0.2) is 0 Å². The fourth-order valence-electron chi connectivity index (χ4n) is 22.1. The monoisotopic (exact) mass is 1960 g/mol. The summed E-state index contributed by atoms with van der Waals surface area (Å²) in [4.78, 5) is 121. The highest BCUT2D eigenvalue weighted by Gasteiger charge is 2.31. The maximum absolute atomic E-state index is 12.2. The van der Waals surface area contributed by atoms with Crippen molar-refractivity contribution >= 4 is 75.4 Å². The zero-order chi connectivity index (χ0) is 101. The molecule has 0 spiro atoms. The van der Waals surface area contributed by atoms with Crippen molar-refractivity contribution in [3.8, 4) is 0 Å². The molecule has 0 aliphatic carbocycles. The highest BCUT2D eigenvalue weighted by molar-refractivity contribution is 5.87. The Bertz CT molecular complexity index is 6720. The van der Waals surface area contributed by atoms with E-state index in [0.29, 0.717) is 36.1 Å². The number of hydrogen-bond acceptors (Lipinski definition) is 21. The Morgan fingerprint density at radius 1 is 0.271 bits per heavy atom. The zero-order valence-corrected chi connectivity index (χ0v) is 83.8. The average molecular weight is 1960 g/mol. The van der Waals surface area contributed by atoms with E-state index < -0.39 is 0 Å². The first-order valence-corrected chi connectivity index (χ1v) is 52.4. The lowest BCUT2D eigenvalue weighted by molar-refractivity contribution is 0.0831. The van der Waals surface area contributed by atoms with Gasteiger partial charge in [0, 0.05) is 172 Å². The number of likely N-dealkylation sites (tertiary alicyclic amines) is 7. The number of aliphatic hydroxyl groups excluding tert-OH is 7. The minimum Gasteiger partial charge on any atom is -0.395 e. The molecule has 7 aliphatic heterocycles. The number of fused-ring (bicyclic) bond motifs is 7. The van der Waals surface area contributed by atoms with Crippen molar-refractivity contribution in [3.63, 3.8) is 0 Å². The van der Waals surface area contributed by atoms with E-state index in [0.717, 1.165) is 341 Å². The molecular formula is C116H148N14O14. The van der Waals surface area contributed by atoms with Crippen LogP contribution in [-0.4, -0.2) is 286 Å². The highest BCUT2D eigenvalue weighted by atomic mass is 16.3. The first-order valence-electron chi connectivity index (χ1n) is 52.4. The molecule has 7 aliphatic rings. The summed E-state index contributed by atoms with van der Waals surface area (Å²) in [6, 6.07) is 68.2. The summed E-state index contributed by atoms with van der Waals surface area (Å²) in [5.74, 6) is 0.320. The van der Waals surface area contributed by atoms with E-state index in [-0.39, 0.29) is 90.7 Å². The molecule has 0 bridgehead atoms. The van der Waals surface area contributed by atoms with Crippen molar-refractivity contribution in [3.05, 3.63) is 324 Å². The van der Waals surface area contributed by atoms with Gasteiger partial charge in [0.05, 0.1) is 45.7 Å². The predicted molar refractivity (Wildman–Crippen MR) is 578 cm³/mol. The largest absolute Gasteiger partial charge is 0.395 e.